The first kappa shape index (κ1) is 25.4. The van der Waals surface area contributed by atoms with E-state index in [1.165, 1.54) is 17.0 Å². The third-order valence-electron chi connectivity index (χ3n) is 6.19. The van der Waals surface area contributed by atoms with Gasteiger partial charge in [0.15, 0.2) is 0 Å². The van der Waals surface area contributed by atoms with Crippen LogP contribution in [0.1, 0.15) is 49.9 Å². The molecule has 0 bridgehead atoms. The lowest BCUT2D eigenvalue weighted by Gasteiger charge is -2.28. The van der Waals surface area contributed by atoms with Gasteiger partial charge in [-0.25, -0.2) is 4.39 Å². The van der Waals surface area contributed by atoms with Crippen molar-refractivity contribution in [2.24, 2.45) is 0 Å². The van der Waals surface area contributed by atoms with E-state index in [4.69, 9.17) is 4.74 Å². The number of Topliss-reactive ketones (excluding diaryl/α,β-unsaturated/α-hetero) is 1. The normalized spacial score (nSPS) is 17.6. The fraction of sp³-hybridized carbons (Fsp3) is 0.407. The molecule has 1 fully saturated rings. The minimum absolute atomic E-state index is 0.0118. The molecule has 1 atom stereocenters. The first-order valence-corrected chi connectivity index (χ1v) is 11.8. The van der Waals surface area contributed by atoms with Gasteiger partial charge in [-0.1, -0.05) is 32.9 Å². The van der Waals surface area contributed by atoms with Crippen molar-refractivity contribution in [2.75, 3.05) is 32.8 Å². The van der Waals surface area contributed by atoms with E-state index in [-0.39, 0.29) is 11.3 Å². The molecule has 34 heavy (non-hydrogen) atoms. The summed E-state index contributed by atoms with van der Waals surface area (Å²) >= 11 is 0. The van der Waals surface area contributed by atoms with Crippen LogP contribution >= 0.6 is 0 Å². The van der Waals surface area contributed by atoms with Crippen molar-refractivity contribution in [3.05, 3.63) is 70.5 Å². The summed E-state index contributed by atoms with van der Waals surface area (Å²) < 4.78 is 19.3. The molecule has 0 aromatic heterocycles. The summed E-state index contributed by atoms with van der Waals surface area (Å²) in [6.45, 7) is 11.0. The Kier molecular flexibility index (Phi) is 8.45. The number of amides is 1. The highest BCUT2D eigenvalue weighted by molar-refractivity contribution is 6.46. The Hall–Kier alpha value is -3.19. The predicted octanol–water partition coefficient (Wildman–Crippen LogP) is 4.69. The van der Waals surface area contributed by atoms with Crippen molar-refractivity contribution in [1.29, 1.82) is 0 Å². The van der Waals surface area contributed by atoms with Crippen molar-refractivity contribution in [3.8, 4) is 5.75 Å². The quantitative estimate of drug-likeness (QED) is 0.311. The first-order chi connectivity index (χ1) is 16.3. The molecule has 0 spiro atoms. The third kappa shape index (κ3) is 5.30. The molecule has 0 radical (unpaired) electrons. The van der Waals surface area contributed by atoms with Crippen LogP contribution in [0.15, 0.2) is 48.0 Å². The van der Waals surface area contributed by atoms with Crippen molar-refractivity contribution in [1.82, 2.24) is 9.80 Å². The van der Waals surface area contributed by atoms with Crippen molar-refractivity contribution >= 4 is 17.4 Å². The van der Waals surface area contributed by atoms with E-state index < -0.39 is 23.5 Å². The SMILES string of the molecule is CCCOc1ccc(/C(O)=C2\C(=O)C(=O)N(CCN(CC)CC)C2c2ccc(F)cc2)cc1C. The average molecular weight is 469 g/mol. The third-order valence-corrected chi connectivity index (χ3v) is 6.19. The Morgan fingerprint density at radius 2 is 1.76 bits per heavy atom. The van der Waals surface area contributed by atoms with Gasteiger partial charge in [-0.2, -0.15) is 0 Å². The molecule has 1 unspecified atom stereocenters. The lowest BCUT2D eigenvalue weighted by Crippen LogP contribution is -2.38. The second kappa shape index (κ2) is 11.3. The van der Waals surface area contributed by atoms with E-state index in [9.17, 15) is 19.1 Å². The Bertz CT molecular complexity index is 1060. The highest BCUT2D eigenvalue weighted by atomic mass is 19.1. The molecule has 0 aliphatic carbocycles. The smallest absolute Gasteiger partial charge is 0.295 e. The Labute approximate surface area is 200 Å². The summed E-state index contributed by atoms with van der Waals surface area (Å²) in [6.07, 6.45) is 0.871. The molecular weight excluding hydrogens is 435 g/mol. The highest BCUT2D eigenvalue weighted by Crippen LogP contribution is 2.39. The van der Waals surface area contributed by atoms with Gasteiger partial charge < -0.3 is 19.6 Å². The van der Waals surface area contributed by atoms with Gasteiger partial charge >= 0.3 is 0 Å². The number of rotatable bonds is 10. The number of aliphatic hydroxyl groups is 1. The predicted molar refractivity (Wildman–Crippen MR) is 130 cm³/mol. The van der Waals surface area contributed by atoms with Crippen LogP contribution in [0.2, 0.25) is 0 Å². The number of ether oxygens (including phenoxy) is 1. The van der Waals surface area contributed by atoms with Crippen LogP contribution in [0, 0.1) is 12.7 Å². The zero-order chi connectivity index (χ0) is 24.8. The zero-order valence-corrected chi connectivity index (χ0v) is 20.3. The van der Waals surface area contributed by atoms with Crippen LogP contribution in [0.5, 0.6) is 5.75 Å². The van der Waals surface area contributed by atoms with Gasteiger partial charge in [0.05, 0.1) is 18.2 Å². The Morgan fingerprint density at radius 1 is 1.09 bits per heavy atom. The standard InChI is InChI=1S/C27H33FN2O4/c1-5-16-34-22-13-10-20(17-18(22)4)25(31)23-24(19-8-11-21(28)12-9-19)30(27(33)26(23)32)15-14-29(6-2)7-3/h8-13,17,24,31H,5-7,14-16H2,1-4H3/b25-23+. The van der Waals surface area contributed by atoms with Gasteiger partial charge in [-0.15, -0.1) is 0 Å². The van der Waals surface area contributed by atoms with Crippen molar-refractivity contribution < 1.29 is 23.8 Å². The number of halogens is 1. The molecule has 6 nitrogen and oxygen atoms in total. The number of ketones is 1. The van der Waals surface area contributed by atoms with E-state index in [2.05, 4.69) is 4.90 Å². The molecule has 7 heteroatoms. The molecular formula is C27H33FN2O4. The van der Waals surface area contributed by atoms with Crippen LogP contribution in [0.25, 0.3) is 5.76 Å². The van der Waals surface area contributed by atoms with E-state index in [1.807, 2.05) is 27.7 Å². The summed E-state index contributed by atoms with van der Waals surface area (Å²) in [5.41, 5.74) is 1.82. The largest absolute Gasteiger partial charge is 0.507 e. The van der Waals surface area contributed by atoms with Gasteiger partial charge in [0, 0.05) is 18.7 Å². The molecule has 2 aromatic rings. The van der Waals surface area contributed by atoms with Crippen LogP contribution in [-0.2, 0) is 9.59 Å². The molecule has 0 saturated carbocycles. The van der Waals surface area contributed by atoms with Gasteiger partial charge in [-0.3, -0.25) is 9.59 Å². The summed E-state index contributed by atoms with van der Waals surface area (Å²) in [6, 6.07) is 10.1. The van der Waals surface area contributed by atoms with Crippen LogP contribution in [-0.4, -0.2) is 59.4 Å². The lowest BCUT2D eigenvalue weighted by atomic mass is 9.94. The molecule has 1 N–H and O–H groups in total. The van der Waals surface area contributed by atoms with E-state index in [0.717, 1.165) is 25.1 Å². The number of aryl methyl sites for hydroxylation is 1. The topological polar surface area (TPSA) is 70.1 Å². The van der Waals surface area contributed by atoms with Crippen LogP contribution in [0.3, 0.4) is 0 Å². The summed E-state index contributed by atoms with van der Waals surface area (Å²) in [5, 5.41) is 11.2. The number of benzene rings is 2. The molecule has 1 saturated heterocycles. The number of nitrogens with zero attached hydrogens (tertiary/aromatic N) is 2. The van der Waals surface area contributed by atoms with Gasteiger partial charge in [0.25, 0.3) is 11.7 Å². The number of hydrogen-bond acceptors (Lipinski definition) is 5. The molecule has 182 valence electrons. The highest BCUT2D eigenvalue weighted by Gasteiger charge is 2.46. The maximum Gasteiger partial charge on any atom is 0.295 e. The molecule has 1 heterocycles. The number of carbonyl (C=O) groups excluding carboxylic acids is 2. The molecule has 1 aliphatic heterocycles. The van der Waals surface area contributed by atoms with Crippen molar-refractivity contribution in [2.45, 2.75) is 40.2 Å². The summed E-state index contributed by atoms with van der Waals surface area (Å²) in [5.74, 6) is -1.36. The molecule has 1 aliphatic rings. The van der Waals surface area contributed by atoms with Gasteiger partial charge in [0.2, 0.25) is 0 Å². The molecule has 3 rings (SSSR count). The van der Waals surface area contributed by atoms with E-state index >= 15 is 0 Å². The number of likely N-dealkylation sites (tertiary alicyclic amines) is 1. The summed E-state index contributed by atoms with van der Waals surface area (Å²) in [7, 11) is 0. The first-order valence-electron chi connectivity index (χ1n) is 11.8. The fourth-order valence-corrected chi connectivity index (χ4v) is 4.22. The second-order valence-electron chi connectivity index (χ2n) is 8.40. The Balaban J connectivity index is 2.06. The number of likely N-dealkylation sites (N-methyl/N-ethyl adjacent to an activating group) is 1. The van der Waals surface area contributed by atoms with Crippen LogP contribution in [0.4, 0.5) is 4.39 Å². The maximum atomic E-state index is 13.6. The van der Waals surface area contributed by atoms with Gasteiger partial charge in [-0.05, 0) is 67.9 Å². The number of hydrogen-bond donors (Lipinski definition) is 1. The van der Waals surface area contributed by atoms with Gasteiger partial charge in [0.1, 0.15) is 17.3 Å². The second-order valence-corrected chi connectivity index (χ2v) is 8.40. The minimum atomic E-state index is -0.799. The van der Waals surface area contributed by atoms with Crippen molar-refractivity contribution in [3.63, 3.8) is 0 Å². The fourth-order valence-electron chi connectivity index (χ4n) is 4.22. The molecule has 1 amide bonds. The Morgan fingerprint density at radius 3 is 2.35 bits per heavy atom. The lowest BCUT2D eigenvalue weighted by molar-refractivity contribution is -0.140. The minimum Gasteiger partial charge on any atom is -0.507 e. The maximum absolute atomic E-state index is 13.6. The monoisotopic (exact) mass is 468 g/mol. The van der Waals surface area contributed by atoms with E-state index in [0.29, 0.717) is 36.6 Å². The van der Waals surface area contributed by atoms with E-state index in [1.54, 1.807) is 30.3 Å². The van der Waals surface area contributed by atoms with Crippen LogP contribution < -0.4 is 4.74 Å². The summed E-state index contributed by atoms with van der Waals surface area (Å²) in [4.78, 5) is 29.8. The average Bonchev–Trinajstić information content (AvgIpc) is 3.09. The number of carbonyl (C=O) groups is 2. The molecule has 2 aromatic carbocycles. The zero-order valence-electron chi connectivity index (χ0n) is 20.3. The number of aliphatic hydroxyl groups excluding tert-OH is 1.